The lowest BCUT2D eigenvalue weighted by atomic mass is 9.98. The topological polar surface area (TPSA) is 90.2 Å². The van der Waals surface area contributed by atoms with Crippen LogP contribution >= 0.6 is 0 Å². The Morgan fingerprint density at radius 1 is 1.20 bits per heavy atom. The van der Waals surface area contributed by atoms with Gasteiger partial charge in [0.2, 0.25) is 5.91 Å². The molecule has 0 aliphatic carbocycles. The van der Waals surface area contributed by atoms with E-state index in [-0.39, 0.29) is 5.69 Å². The number of aliphatic hydroxyl groups excluding tert-OH is 1. The van der Waals surface area contributed by atoms with Crippen LogP contribution in [0.5, 0.6) is 0 Å². The van der Waals surface area contributed by atoms with Gasteiger partial charge in [-0.2, -0.15) is 18.4 Å². The lowest BCUT2D eigenvalue weighted by Crippen LogP contribution is -2.30. The Morgan fingerprint density at radius 3 is 2.30 bits per heavy atom. The quantitative estimate of drug-likeness (QED) is 0.442. The van der Waals surface area contributed by atoms with E-state index < -0.39 is 41.9 Å². The minimum atomic E-state index is -4.51. The Balaban J connectivity index is 2.70. The first-order valence-corrected chi connectivity index (χ1v) is 9.33. The van der Waals surface area contributed by atoms with Crippen LogP contribution in [0, 0.1) is 17.2 Å². The monoisotopic (exact) mass is 422 g/mol. The van der Waals surface area contributed by atoms with E-state index in [1.165, 1.54) is 11.6 Å². The highest BCUT2D eigenvalue weighted by Crippen LogP contribution is 2.29. The van der Waals surface area contributed by atoms with Gasteiger partial charge in [-0.15, -0.1) is 0 Å². The maximum Gasteiger partial charge on any atom is 0.416 e. The Kier molecular flexibility index (Phi) is 9.47. The molecule has 0 radical (unpaired) electrons. The molecule has 8 heteroatoms. The Hall–Kier alpha value is -2.92. The molecule has 2 atom stereocenters. The third-order valence-electron chi connectivity index (χ3n) is 4.17. The molecule has 1 rings (SSSR count). The second-order valence-electron chi connectivity index (χ2n) is 7.20. The van der Waals surface area contributed by atoms with Gasteiger partial charge in [-0.3, -0.25) is 9.59 Å². The maximum absolute atomic E-state index is 12.6. The molecule has 2 unspecified atom stereocenters. The minimum absolute atomic E-state index is 0.0246. The van der Waals surface area contributed by atoms with Crippen LogP contribution in [0.3, 0.4) is 0 Å². The smallest absolute Gasteiger partial charge is 0.389 e. The van der Waals surface area contributed by atoms with Crippen molar-refractivity contribution in [2.45, 2.75) is 52.3 Å². The molecule has 0 saturated carbocycles. The number of rotatable bonds is 9. The molecule has 1 amide bonds. The summed E-state index contributed by atoms with van der Waals surface area (Å²) in [5.41, 5.74) is 1.19. The zero-order chi connectivity index (χ0) is 22.9. The SMILES string of the molecule is CC(C)=CCCC(C)=CC(O)CC(=O)C(C#N)C(=O)Nc1ccc(C(F)(F)F)cc1. The van der Waals surface area contributed by atoms with E-state index in [4.69, 9.17) is 0 Å². The first kappa shape index (κ1) is 25.1. The second-order valence-corrected chi connectivity index (χ2v) is 7.20. The van der Waals surface area contributed by atoms with Crippen LogP contribution in [0.25, 0.3) is 0 Å². The summed E-state index contributed by atoms with van der Waals surface area (Å²) in [6.07, 6.45) is -1.02. The Bertz CT molecular complexity index is 846. The van der Waals surface area contributed by atoms with Gasteiger partial charge in [-0.25, -0.2) is 0 Å². The van der Waals surface area contributed by atoms with Crippen molar-refractivity contribution in [1.29, 1.82) is 5.26 Å². The first-order valence-electron chi connectivity index (χ1n) is 9.33. The maximum atomic E-state index is 12.6. The molecule has 2 N–H and O–H groups in total. The van der Waals surface area contributed by atoms with Crippen molar-refractivity contribution in [3.63, 3.8) is 0 Å². The highest BCUT2D eigenvalue weighted by molar-refractivity contribution is 6.09. The first-order chi connectivity index (χ1) is 13.9. The molecular formula is C22H25F3N2O3. The number of allylic oxidation sites excluding steroid dienone is 3. The number of benzene rings is 1. The molecule has 0 saturated heterocycles. The van der Waals surface area contributed by atoms with Crippen LogP contribution in [0.15, 0.2) is 47.6 Å². The molecule has 0 heterocycles. The van der Waals surface area contributed by atoms with E-state index in [1.54, 1.807) is 6.07 Å². The molecule has 0 fully saturated rings. The zero-order valence-corrected chi connectivity index (χ0v) is 17.1. The molecule has 0 bridgehead atoms. The van der Waals surface area contributed by atoms with Crippen LogP contribution in [0.2, 0.25) is 0 Å². The summed E-state index contributed by atoms with van der Waals surface area (Å²) >= 11 is 0. The number of hydrogen-bond donors (Lipinski definition) is 2. The van der Waals surface area contributed by atoms with E-state index in [0.717, 1.165) is 36.3 Å². The van der Waals surface area contributed by atoms with Crippen molar-refractivity contribution in [3.8, 4) is 6.07 Å². The number of hydrogen-bond acceptors (Lipinski definition) is 4. The average molecular weight is 422 g/mol. The highest BCUT2D eigenvalue weighted by atomic mass is 19.4. The fourth-order valence-corrected chi connectivity index (χ4v) is 2.62. The Morgan fingerprint density at radius 2 is 1.80 bits per heavy atom. The number of nitriles is 1. The van der Waals surface area contributed by atoms with Crippen molar-refractivity contribution in [2.75, 3.05) is 5.32 Å². The number of anilines is 1. The molecular weight excluding hydrogens is 397 g/mol. The van der Waals surface area contributed by atoms with E-state index in [1.807, 2.05) is 26.8 Å². The van der Waals surface area contributed by atoms with Gasteiger partial charge in [0.15, 0.2) is 11.7 Å². The average Bonchev–Trinajstić information content (AvgIpc) is 2.61. The number of alkyl halides is 3. The van der Waals surface area contributed by atoms with E-state index in [2.05, 4.69) is 5.32 Å². The number of nitrogens with zero attached hydrogens (tertiary/aromatic N) is 1. The summed E-state index contributed by atoms with van der Waals surface area (Å²) in [5.74, 6) is -3.41. The van der Waals surface area contributed by atoms with Crippen LogP contribution in [0.1, 0.15) is 45.6 Å². The van der Waals surface area contributed by atoms with E-state index >= 15 is 0 Å². The number of Topliss-reactive ketones (excluding diaryl/α,β-unsaturated/α-hetero) is 1. The summed E-state index contributed by atoms with van der Waals surface area (Å²) in [4.78, 5) is 24.5. The molecule has 5 nitrogen and oxygen atoms in total. The summed E-state index contributed by atoms with van der Waals surface area (Å²) in [6, 6.07) is 5.22. The second kappa shape index (κ2) is 11.3. The minimum Gasteiger partial charge on any atom is -0.389 e. The number of carbonyl (C=O) groups excluding carboxylic acids is 2. The molecule has 1 aromatic rings. The van der Waals surface area contributed by atoms with Gasteiger partial charge in [0, 0.05) is 12.1 Å². The van der Waals surface area contributed by atoms with Gasteiger partial charge in [-0.1, -0.05) is 23.3 Å². The molecule has 1 aromatic carbocycles. The van der Waals surface area contributed by atoms with Crippen LogP contribution in [-0.2, 0) is 15.8 Å². The van der Waals surface area contributed by atoms with Gasteiger partial charge >= 0.3 is 6.18 Å². The molecule has 162 valence electrons. The predicted octanol–water partition coefficient (Wildman–Crippen LogP) is 4.80. The fraction of sp³-hybridized carbons (Fsp3) is 0.409. The van der Waals surface area contributed by atoms with Gasteiger partial charge < -0.3 is 10.4 Å². The van der Waals surface area contributed by atoms with Gasteiger partial charge in [0.25, 0.3) is 0 Å². The molecule has 0 aromatic heterocycles. The standard InChI is InChI=1S/C22H25F3N2O3/c1-14(2)5-4-6-15(3)11-18(28)12-20(29)19(13-26)21(30)27-17-9-7-16(8-10-17)22(23,24)25/h5,7-11,18-19,28H,4,6,12H2,1-3H3,(H,27,30). The van der Waals surface area contributed by atoms with Crippen molar-refractivity contribution in [1.82, 2.24) is 0 Å². The molecule has 30 heavy (non-hydrogen) atoms. The summed E-state index contributed by atoms with van der Waals surface area (Å²) in [6.45, 7) is 5.76. The molecule has 0 aliphatic heterocycles. The number of ketones is 1. The summed E-state index contributed by atoms with van der Waals surface area (Å²) in [7, 11) is 0. The van der Waals surface area contributed by atoms with Gasteiger partial charge in [-0.05, 0) is 57.9 Å². The summed E-state index contributed by atoms with van der Waals surface area (Å²) in [5, 5.41) is 21.5. The van der Waals surface area contributed by atoms with Crippen molar-refractivity contribution in [2.24, 2.45) is 5.92 Å². The van der Waals surface area contributed by atoms with Crippen molar-refractivity contribution >= 4 is 17.4 Å². The third-order valence-corrected chi connectivity index (χ3v) is 4.17. The number of halogens is 3. The normalized spacial score (nSPS) is 13.7. The fourth-order valence-electron chi connectivity index (χ4n) is 2.62. The summed E-state index contributed by atoms with van der Waals surface area (Å²) < 4.78 is 37.7. The highest BCUT2D eigenvalue weighted by Gasteiger charge is 2.31. The van der Waals surface area contributed by atoms with E-state index in [9.17, 15) is 33.1 Å². The number of nitrogens with one attached hydrogen (secondary N) is 1. The number of aliphatic hydroxyl groups is 1. The third kappa shape index (κ3) is 8.62. The Labute approximate surface area is 173 Å². The lowest BCUT2D eigenvalue weighted by molar-refractivity contribution is -0.137. The number of carbonyl (C=O) groups is 2. The van der Waals surface area contributed by atoms with Crippen LogP contribution < -0.4 is 5.32 Å². The van der Waals surface area contributed by atoms with Gasteiger partial charge in [0.1, 0.15) is 0 Å². The van der Waals surface area contributed by atoms with Crippen LogP contribution in [-0.4, -0.2) is 22.9 Å². The predicted molar refractivity (Wildman–Crippen MR) is 107 cm³/mol. The van der Waals surface area contributed by atoms with Gasteiger partial charge in [0.05, 0.1) is 17.7 Å². The van der Waals surface area contributed by atoms with E-state index in [0.29, 0.717) is 6.42 Å². The van der Waals surface area contributed by atoms with Crippen LogP contribution in [0.4, 0.5) is 18.9 Å². The zero-order valence-electron chi connectivity index (χ0n) is 17.1. The molecule has 0 spiro atoms. The molecule has 0 aliphatic rings. The van der Waals surface area contributed by atoms with Crippen molar-refractivity contribution < 1.29 is 27.9 Å². The van der Waals surface area contributed by atoms with Crippen molar-refractivity contribution in [3.05, 3.63) is 53.1 Å². The number of amides is 1. The lowest BCUT2D eigenvalue weighted by Gasteiger charge is -2.12. The largest absolute Gasteiger partial charge is 0.416 e.